The summed E-state index contributed by atoms with van der Waals surface area (Å²) in [7, 11) is 0. The highest BCUT2D eigenvalue weighted by molar-refractivity contribution is 5.95. The van der Waals surface area contributed by atoms with Crippen LogP contribution in [0.25, 0.3) is 0 Å². The minimum Gasteiger partial charge on any atom is -0.385 e. The lowest BCUT2D eigenvalue weighted by Crippen LogP contribution is -2.31. The Morgan fingerprint density at radius 3 is 2.77 bits per heavy atom. The Morgan fingerprint density at radius 2 is 2.31 bits per heavy atom. The van der Waals surface area contributed by atoms with Gasteiger partial charge in [0.15, 0.2) is 5.78 Å². The summed E-state index contributed by atoms with van der Waals surface area (Å²) in [6.45, 7) is 3.72. The number of carbonyl (C=O) groups excluding carboxylic acids is 1. The van der Waals surface area contributed by atoms with Gasteiger partial charge in [-0.05, 0) is 31.9 Å². The molecule has 1 N–H and O–H groups in total. The third-order valence-corrected chi connectivity index (χ3v) is 2.41. The van der Waals surface area contributed by atoms with E-state index in [0.29, 0.717) is 6.42 Å². The Balaban J connectivity index is 2.59. The molecule has 2 atom stereocenters. The first kappa shape index (κ1) is 10.2. The van der Waals surface area contributed by atoms with Crippen molar-refractivity contribution in [1.29, 1.82) is 0 Å². The molecule has 1 aliphatic rings. The topological polar surface area (TPSA) is 37.3 Å². The minimum atomic E-state index is -0.949. The molecule has 13 heavy (non-hydrogen) atoms. The number of hydrogen-bond acceptors (Lipinski definition) is 2. The van der Waals surface area contributed by atoms with Gasteiger partial charge in [-0.1, -0.05) is 19.1 Å². The molecule has 0 heterocycles. The van der Waals surface area contributed by atoms with Crippen molar-refractivity contribution in [1.82, 2.24) is 0 Å². The second-order valence-corrected chi connectivity index (χ2v) is 3.63. The zero-order valence-corrected chi connectivity index (χ0v) is 8.16. The maximum absolute atomic E-state index is 11.3. The number of carbonyl (C=O) groups is 1. The first-order chi connectivity index (χ1) is 6.08. The fraction of sp³-hybridized carbons (Fsp3) is 0.545. The lowest BCUT2D eigenvalue weighted by atomic mass is 9.89. The summed E-state index contributed by atoms with van der Waals surface area (Å²) < 4.78 is 0. The van der Waals surface area contributed by atoms with Gasteiger partial charge >= 0.3 is 0 Å². The van der Waals surface area contributed by atoms with Crippen molar-refractivity contribution in [2.24, 2.45) is 5.92 Å². The second kappa shape index (κ2) is 3.88. The van der Waals surface area contributed by atoms with E-state index in [4.69, 9.17) is 0 Å². The molecule has 0 amide bonds. The highest BCUT2D eigenvalue weighted by Gasteiger charge is 2.37. The summed E-state index contributed by atoms with van der Waals surface area (Å²) in [5.41, 5.74) is -0.949. The Hall–Kier alpha value is -0.890. The number of rotatable bonds is 3. The van der Waals surface area contributed by atoms with Crippen molar-refractivity contribution in [2.75, 3.05) is 0 Å². The van der Waals surface area contributed by atoms with Crippen LogP contribution in [0.2, 0.25) is 0 Å². The molecule has 1 aliphatic carbocycles. The number of aliphatic hydroxyl groups is 1. The summed E-state index contributed by atoms with van der Waals surface area (Å²) in [4.78, 5) is 11.3. The molecule has 0 aromatic heterocycles. The predicted molar refractivity (Wildman–Crippen MR) is 52.3 cm³/mol. The average Bonchev–Trinajstić information content (AvgIpc) is 2.31. The van der Waals surface area contributed by atoms with Gasteiger partial charge < -0.3 is 5.11 Å². The standard InChI is InChI=1S/C11H16O2/c1-3-4-5-6-9-10(12)7-8-11(9,2)13/h4-5,7-9,13H,3,6H2,1-2H3/b5-4+. The molecule has 0 aliphatic heterocycles. The monoisotopic (exact) mass is 180 g/mol. The van der Waals surface area contributed by atoms with Gasteiger partial charge in [-0.3, -0.25) is 4.79 Å². The van der Waals surface area contributed by atoms with E-state index in [-0.39, 0.29) is 11.7 Å². The molecule has 72 valence electrons. The normalized spacial score (nSPS) is 33.5. The summed E-state index contributed by atoms with van der Waals surface area (Å²) in [6, 6.07) is 0. The smallest absolute Gasteiger partial charge is 0.162 e. The summed E-state index contributed by atoms with van der Waals surface area (Å²) in [5, 5.41) is 9.78. The number of hydrogen-bond donors (Lipinski definition) is 1. The van der Waals surface area contributed by atoms with Crippen LogP contribution in [0.1, 0.15) is 26.7 Å². The van der Waals surface area contributed by atoms with Crippen LogP contribution in [-0.4, -0.2) is 16.5 Å². The summed E-state index contributed by atoms with van der Waals surface area (Å²) in [6.07, 6.45) is 8.64. The molecule has 1 rings (SSSR count). The van der Waals surface area contributed by atoms with E-state index in [0.717, 1.165) is 6.42 Å². The van der Waals surface area contributed by atoms with Crippen LogP contribution in [0.3, 0.4) is 0 Å². The van der Waals surface area contributed by atoms with Crippen LogP contribution in [0.5, 0.6) is 0 Å². The third-order valence-electron chi connectivity index (χ3n) is 2.41. The van der Waals surface area contributed by atoms with Gasteiger partial charge in [0.2, 0.25) is 0 Å². The van der Waals surface area contributed by atoms with Crippen LogP contribution in [-0.2, 0) is 4.79 Å². The van der Waals surface area contributed by atoms with E-state index in [9.17, 15) is 9.90 Å². The zero-order valence-electron chi connectivity index (χ0n) is 8.16. The summed E-state index contributed by atoms with van der Waals surface area (Å²) in [5.74, 6) is -0.249. The molecule has 0 bridgehead atoms. The fourth-order valence-electron chi connectivity index (χ4n) is 1.52. The van der Waals surface area contributed by atoms with E-state index >= 15 is 0 Å². The van der Waals surface area contributed by atoms with Crippen LogP contribution in [0.15, 0.2) is 24.3 Å². The maximum atomic E-state index is 11.3. The molecule has 0 saturated carbocycles. The van der Waals surface area contributed by atoms with Gasteiger partial charge in [0.25, 0.3) is 0 Å². The van der Waals surface area contributed by atoms with Crippen LogP contribution >= 0.6 is 0 Å². The van der Waals surface area contributed by atoms with E-state index in [2.05, 4.69) is 0 Å². The van der Waals surface area contributed by atoms with Crippen LogP contribution in [0, 0.1) is 5.92 Å². The lowest BCUT2D eigenvalue weighted by molar-refractivity contribution is -0.121. The van der Waals surface area contributed by atoms with Crippen molar-refractivity contribution in [3.63, 3.8) is 0 Å². The molecule has 0 aromatic rings. The molecule has 2 unspecified atom stereocenters. The van der Waals surface area contributed by atoms with Crippen LogP contribution < -0.4 is 0 Å². The molecule has 0 aromatic carbocycles. The van der Waals surface area contributed by atoms with Crippen molar-refractivity contribution < 1.29 is 9.90 Å². The Bertz CT molecular complexity index is 249. The maximum Gasteiger partial charge on any atom is 0.162 e. The Labute approximate surface area is 79.0 Å². The third kappa shape index (κ3) is 2.28. The molecular weight excluding hydrogens is 164 g/mol. The van der Waals surface area contributed by atoms with Gasteiger partial charge in [0.05, 0.1) is 11.5 Å². The largest absolute Gasteiger partial charge is 0.385 e. The van der Waals surface area contributed by atoms with E-state index in [1.807, 2.05) is 19.1 Å². The molecule has 0 spiro atoms. The van der Waals surface area contributed by atoms with Crippen molar-refractivity contribution >= 4 is 5.78 Å². The van der Waals surface area contributed by atoms with E-state index in [1.54, 1.807) is 13.0 Å². The second-order valence-electron chi connectivity index (χ2n) is 3.63. The minimum absolute atomic E-state index is 0.0331. The highest BCUT2D eigenvalue weighted by atomic mass is 16.3. The first-order valence-corrected chi connectivity index (χ1v) is 4.68. The van der Waals surface area contributed by atoms with Gasteiger partial charge in [-0.25, -0.2) is 0 Å². The van der Waals surface area contributed by atoms with Crippen molar-refractivity contribution in [2.45, 2.75) is 32.3 Å². The molecule has 0 radical (unpaired) electrons. The molecule has 0 saturated heterocycles. The molecular formula is C11H16O2. The molecule has 2 nitrogen and oxygen atoms in total. The summed E-state index contributed by atoms with van der Waals surface area (Å²) >= 11 is 0. The van der Waals surface area contributed by atoms with E-state index in [1.165, 1.54) is 6.08 Å². The zero-order chi connectivity index (χ0) is 9.90. The molecule has 2 heteroatoms. The van der Waals surface area contributed by atoms with Crippen molar-refractivity contribution in [3.8, 4) is 0 Å². The fourth-order valence-corrected chi connectivity index (χ4v) is 1.52. The van der Waals surface area contributed by atoms with Gasteiger partial charge in [0.1, 0.15) is 0 Å². The SMILES string of the molecule is CC/C=C/CC1C(=O)C=CC1(C)O. The first-order valence-electron chi connectivity index (χ1n) is 4.68. The van der Waals surface area contributed by atoms with Gasteiger partial charge in [0, 0.05) is 0 Å². The van der Waals surface area contributed by atoms with Crippen LogP contribution in [0.4, 0.5) is 0 Å². The quantitative estimate of drug-likeness (QED) is 0.673. The number of allylic oxidation sites excluding steroid dienone is 3. The molecule has 0 fully saturated rings. The van der Waals surface area contributed by atoms with E-state index < -0.39 is 5.60 Å². The number of ketones is 1. The van der Waals surface area contributed by atoms with Gasteiger partial charge in [-0.15, -0.1) is 0 Å². The van der Waals surface area contributed by atoms with Crippen molar-refractivity contribution in [3.05, 3.63) is 24.3 Å². The Morgan fingerprint density at radius 1 is 1.62 bits per heavy atom. The van der Waals surface area contributed by atoms with Gasteiger partial charge in [-0.2, -0.15) is 0 Å². The highest BCUT2D eigenvalue weighted by Crippen LogP contribution is 2.29. The lowest BCUT2D eigenvalue weighted by Gasteiger charge is -2.22. The Kier molecular flexibility index (Phi) is 3.04. The predicted octanol–water partition coefficient (Wildman–Crippen LogP) is 1.85. The average molecular weight is 180 g/mol.